The van der Waals surface area contributed by atoms with Crippen LogP contribution in [0.3, 0.4) is 0 Å². The summed E-state index contributed by atoms with van der Waals surface area (Å²) < 4.78 is 5.06. The summed E-state index contributed by atoms with van der Waals surface area (Å²) in [6.45, 7) is 2.71. The van der Waals surface area contributed by atoms with E-state index >= 15 is 0 Å². The maximum atomic E-state index is 13.2. The van der Waals surface area contributed by atoms with E-state index in [4.69, 9.17) is 4.74 Å². The number of ether oxygens (including phenoxy) is 1. The predicted octanol–water partition coefficient (Wildman–Crippen LogP) is 3.81. The van der Waals surface area contributed by atoms with E-state index in [1.54, 1.807) is 7.11 Å². The first-order valence-electron chi connectivity index (χ1n) is 11.5. The fraction of sp³-hybridized carbons (Fsp3) is 0.360. The number of benzene rings is 2. The smallest absolute Gasteiger partial charge is 0.278 e. The summed E-state index contributed by atoms with van der Waals surface area (Å²) in [7, 11) is 1.56. The Bertz CT molecular complexity index is 1090. The molecule has 4 rings (SSSR count). The molecule has 0 unspecified atom stereocenters. The normalized spacial score (nSPS) is 16.4. The zero-order valence-electron chi connectivity index (χ0n) is 19.2. The Kier molecular flexibility index (Phi) is 7.22. The van der Waals surface area contributed by atoms with Crippen LogP contribution >= 0.6 is 0 Å². The Morgan fingerprint density at radius 2 is 1.65 bits per heavy atom. The lowest BCUT2D eigenvalue weighted by molar-refractivity contribution is -0.384. The second-order valence-corrected chi connectivity index (χ2v) is 8.38. The lowest BCUT2D eigenvalue weighted by Gasteiger charge is -2.28. The molecule has 178 valence electrons. The van der Waals surface area contributed by atoms with Gasteiger partial charge in [-0.25, -0.2) is 0 Å². The highest BCUT2D eigenvalue weighted by molar-refractivity contribution is 6.36. The lowest BCUT2D eigenvalue weighted by Crippen LogP contribution is -2.33. The summed E-state index contributed by atoms with van der Waals surface area (Å²) in [6.07, 6.45) is 4.13. The van der Waals surface area contributed by atoms with E-state index in [9.17, 15) is 19.7 Å². The largest absolute Gasteiger partial charge is 0.385 e. The second-order valence-electron chi connectivity index (χ2n) is 8.38. The number of carbonyl (C=O) groups excluding carboxylic acids is 2. The molecule has 0 radical (unpaired) electrons. The minimum Gasteiger partial charge on any atom is -0.385 e. The van der Waals surface area contributed by atoms with Crippen LogP contribution in [0, 0.1) is 10.1 Å². The Hall–Kier alpha value is -3.72. The fourth-order valence-corrected chi connectivity index (χ4v) is 4.33. The number of nitro groups is 1. The van der Waals surface area contributed by atoms with Crippen molar-refractivity contribution in [3.8, 4) is 0 Å². The topological polar surface area (TPSA) is 105 Å². The van der Waals surface area contributed by atoms with Crippen molar-refractivity contribution in [2.45, 2.75) is 25.7 Å². The molecule has 9 nitrogen and oxygen atoms in total. The van der Waals surface area contributed by atoms with Crippen LogP contribution in [-0.4, -0.2) is 55.0 Å². The zero-order valence-corrected chi connectivity index (χ0v) is 19.2. The van der Waals surface area contributed by atoms with E-state index in [1.807, 2.05) is 24.3 Å². The number of amides is 2. The number of nitro benzene ring substituents is 1. The number of anilines is 2. The van der Waals surface area contributed by atoms with Gasteiger partial charge in [0.1, 0.15) is 5.70 Å². The number of imide groups is 1. The third kappa shape index (κ3) is 4.94. The van der Waals surface area contributed by atoms with Crippen LogP contribution in [0.25, 0.3) is 5.57 Å². The standard InChI is InChI=1S/C25H28N4O5/c1-34-17-5-16-28-24(30)22(18-6-10-21(11-7-18)29(32)33)23(25(28)31)26-19-8-12-20(13-9-19)27-14-3-2-4-15-27/h6-13,26H,2-5,14-17H2,1H3. The Balaban J connectivity index is 1.62. The van der Waals surface area contributed by atoms with Crippen molar-refractivity contribution in [1.29, 1.82) is 0 Å². The molecule has 0 aromatic heterocycles. The fourth-order valence-electron chi connectivity index (χ4n) is 4.33. The van der Waals surface area contributed by atoms with Crippen LogP contribution in [0.15, 0.2) is 54.2 Å². The molecule has 0 bridgehead atoms. The van der Waals surface area contributed by atoms with Gasteiger partial charge in [0.25, 0.3) is 17.5 Å². The highest BCUT2D eigenvalue weighted by Crippen LogP contribution is 2.32. The number of nitrogens with zero attached hydrogens (tertiary/aromatic N) is 3. The highest BCUT2D eigenvalue weighted by atomic mass is 16.6. The van der Waals surface area contributed by atoms with Crippen LogP contribution < -0.4 is 10.2 Å². The first kappa shape index (κ1) is 23.4. The molecule has 2 amide bonds. The number of piperidine rings is 1. The van der Waals surface area contributed by atoms with E-state index in [1.165, 1.54) is 48.4 Å². The third-order valence-corrected chi connectivity index (χ3v) is 6.12. The molecule has 0 aliphatic carbocycles. The van der Waals surface area contributed by atoms with Crippen molar-refractivity contribution in [2.75, 3.05) is 43.6 Å². The van der Waals surface area contributed by atoms with Crippen molar-refractivity contribution in [3.63, 3.8) is 0 Å². The molecule has 9 heteroatoms. The highest BCUT2D eigenvalue weighted by Gasteiger charge is 2.39. The maximum absolute atomic E-state index is 13.2. The lowest BCUT2D eigenvalue weighted by atomic mass is 10.0. The third-order valence-electron chi connectivity index (χ3n) is 6.12. The molecule has 0 spiro atoms. The summed E-state index contributed by atoms with van der Waals surface area (Å²) in [5, 5.41) is 14.2. The van der Waals surface area contributed by atoms with E-state index in [-0.39, 0.29) is 23.5 Å². The van der Waals surface area contributed by atoms with Crippen molar-refractivity contribution >= 4 is 34.4 Å². The zero-order chi connectivity index (χ0) is 24.1. The molecule has 2 aliphatic rings. The molecule has 2 aromatic rings. The van der Waals surface area contributed by atoms with E-state index in [2.05, 4.69) is 10.2 Å². The Labute approximate surface area is 198 Å². The molecule has 0 saturated carbocycles. The number of non-ortho nitro benzene ring substituents is 1. The minimum absolute atomic E-state index is 0.0825. The van der Waals surface area contributed by atoms with Crippen LogP contribution in [-0.2, 0) is 14.3 Å². The molecule has 1 saturated heterocycles. The molecular weight excluding hydrogens is 436 g/mol. The number of hydrogen-bond donors (Lipinski definition) is 1. The average Bonchev–Trinajstić information content (AvgIpc) is 3.09. The average molecular weight is 465 g/mol. The molecule has 2 aromatic carbocycles. The first-order valence-corrected chi connectivity index (χ1v) is 11.5. The van der Waals surface area contributed by atoms with Gasteiger partial charge < -0.3 is 15.0 Å². The van der Waals surface area contributed by atoms with Crippen LogP contribution in [0.2, 0.25) is 0 Å². The van der Waals surface area contributed by atoms with Crippen molar-refractivity contribution in [2.24, 2.45) is 0 Å². The first-order chi connectivity index (χ1) is 16.5. The Morgan fingerprint density at radius 3 is 2.26 bits per heavy atom. The predicted molar refractivity (Wildman–Crippen MR) is 129 cm³/mol. The molecule has 1 N–H and O–H groups in total. The SMILES string of the molecule is COCCCN1C(=O)C(Nc2ccc(N3CCCCC3)cc2)=C(c2ccc([N+](=O)[O-])cc2)C1=O. The van der Waals surface area contributed by atoms with Gasteiger partial charge in [-0.1, -0.05) is 0 Å². The van der Waals surface area contributed by atoms with Gasteiger partial charge in [-0.3, -0.25) is 24.6 Å². The van der Waals surface area contributed by atoms with Crippen molar-refractivity contribution in [3.05, 3.63) is 69.9 Å². The molecule has 34 heavy (non-hydrogen) atoms. The number of methoxy groups -OCH3 is 1. The van der Waals surface area contributed by atoms with Gasteiger partial charge >= 0.3 is 0 Å². The quantitative estimate of drug-likeness (QED) is 0.260. The minimum atomic E-state index is -0.500. The number of hydrogen-bond acceptors (Lipinski definition) is 7. The molecule has 0 atom stereocenters. The summed E-state index contributed by atoms with van der Waals surface area (Å²) in [5.41, 5.74) is 2.56. The van der Waals surface area contributed by atoms with Crippen LogP contribution in [0.5, 0.6) is 0 Å². The van der Waals surface area contributed by atoms with E-state index in [0.717, 1.165) is 18.8 Å². The van der Waals surface area contributed by atoms with Gasteiger partial charge in [-0.05, 0) is 67.6 Å². The Morgan fingerprint density at radius 1 is 0.971 bits per heavy atom. The summed E-state index contributed by atoms with van der Waals surface area (Å²) in [6, 6.07) is 13.5. The van der Waals surface area contributed by atoms with E-state index in [0.29, 0.717) is 24.3 Å². The number of nitrogens with one attached hydrogen (secondary N) is 1. The number of carbonyl (C=O) groups is 2. The van der Waals surface area contributed by atoms with Gasteiger partial charge in [-0.2, -0.15) is 0 Å². The molecule has 2 heterocycles. The second kappa shape index (κ2) is 10.5. The number of rotatable bonds is 9. The van der Waals surface area contributed by atoms with Gasteiger partial charge in [-0.15, -0.1) is 0 Å². The van der Waals surface area contributed by atoms with Gasteiger partial charge in [0.2, 0.25) is 0 Å². The summed E-state index contributed by atoms with van der Waals surface area (Å²) in [4.78, 5) is 40.5. The van der Waals surface area contributed by atoms with Crippen molar-refractivity contribution in [1.82, 2.24) is 4.90 Å². The maximum Gasteiger partial charge on any atom is 0.278 e. The van der Waals surface area contributed by atoms with E-state index < -0.39 is 16.7 Å². The van der Waals surface area contributed by atoms with Gasteiger partial charge in [0.05, 0.1) is 10.5 Å². The summed E-state index contributed by atoms with van der Waals surface area (Å²) >= 11 is 0. The molecule has 2 aliphatic heterocycles. The summed E-state index contributed by atoms with van der Waals surface area (Å²) in [5.74, 6) is -0.850. The van der Waals surface area contributed by atoms with Gasteiger partial charge in [0, 0.05) is 56.9 Å². The van der Waals surface area contributed by atoms with Crippen LogP contribution in [0.1, 0.15) is 31.2 Å². The van der Waals surface area contributed by atoms with Crippen LogP contribution in [0.4, 0.5) is 17.1 Å². The monoisotopic (exact) mass is 464 g/mol. The van der Waals surface area contributed by atoms with Crippen molar-refractivity contribution < 1.29 is 19.2 Å². The van der Waals surface area contributed by atoms with Gasteiger partial charge in [0.15, 0.2) is 0 Å². The molecular formula is C25H28N4O5. The molecule has 1 fully saturated rings.